The predicted molar refractivity (Wildman–Crippen MR) is 59.3 cm³/mol. The van der Waals surface area contributed by atoms with Gasteiger partial charge in [0.05, 0.1) is 0 Å². The van der Waals surface area contributed by atoms with Crippen LogP contribution < -0.4 is 5.43 Å². The van der Waals surface area contributed by atoms with Crippen LogP contribution in [-0.4, -0.2) is 17.0 Å². The van der Waals surface area contributed by atoms with Crippen LogP contribution in [0.25, 0.3) is 0 Å². The van der Waals surface area contributed by atoms with E-state index in [0.29, 0.717) is 5.16 Å². The molecule has 0 unspecified atom stereocenters. The molecule has 0 amide bonds. The molecule has 66 valence electrons. The first kappa shape index (κ1) is 9.73. The van der Waals surface area contributed by atoms with Crippen LogP contribution in [0.15, 0.2) is 35.5 Å². The van der Waals surface area contributed by atoms with Crippen LogP contribution in [0.3, 0.4) is 0 Å². The standard InChI is InChI=1S/C7H8ClN3.HI/c1-10-4-5-11-7(10)3-2-6(8)9-11;/h2-5,9H,1H3;1H. The molecular weight excluding hydrogens is 288 g/mol. The molecule has 12 heavy (non-hydrogen) atoms. The summed E-state index contributed by atoms with van der Waals surface area (Å²) in [5.74, 6) is 1.08. The van der Waals surface area contributed by atoms with Crippen molar-refractivity contribution in [3.8, 4) is 0 Å². The number of hydrogen-bond acceptors (Lipinski definition) is 3. The first-order valence-electron chi connectivity index (χ1n) is 3.32. The summed E-state index contributed by atoms with van der Waals surface area (Å²) in [4.78, 5) is 2.01. The van der Waals surface area contributed by atoms with Gasteiger partial charge in [-0.3, -0.25) is 5.43 Å². The summed E-state index contributed by atoms with van der Waals surface area (Å²) in [6, 6.07) is 0. The Morgan fingerprint density at radius 2 is 2.08 bits per heavy atom. The van der Waals surface area contributed by atoms with E-state index in [-0.39, 0.29) is 24.0 Å². The molecule has 2 rings (SSSR count). The third-order valence-electron chi connectivity index (χ3n) is 1.65. The average molecular weight is 298 g/mol. The second kappa shape index (κ2) is 3.57. The fourth-order valence-corrected chi connectivity index (χ4v) is 1.24. The van der Waals surface area contributed by atoms with Crippen molar-refractivity contribution in [1.82, 2.24) is 15.3 Å². The molecule has 5 heteroatoms. The highest BCUT2D eigenvalue weighted by Gasteiger charge is 2.18. The Morgan fingerprint density at radius 1 is 1.33 bits per heavy atom. The highest BCUT2D eigenvalue weighted by Crippen LogP contribution is 2.20. The maximum atomic E-state index is 5.74. The number of rotatable bonds is 0. The predicted octanol–water partition coefficient (Wildman–Crippen LogP) is 1.76. The summed E-state index contributed by atoms with van der Waals surface area (Å²) in [6.45, 7) is 0. The summed E-state index contributed by atoms with van der Waals surface area (Å²) < 4.78 is 0. The van der Waals surface area contributed by atoms with Gasteiger partial charge in [-0.25, -0.2) is 5.01 Å². The van der Waals surface area contributed by atoms with Crippen LogP contribution in [0.5, 0.6) is 0 Å². The molecule has 0 aromatic rings. The molecule has 0 fully saturated rings. The molecule has 0 aromatic heterocycles. The Bertz CT molecular complexity index is 272. The Kier molecular flexibility index (Phi) is 2.89. The topological polar surface area (TPSA) is 18.5 Å². The summed E-state index contributed by atoms with van der Waals surface area (Å²) in [6.07, 6.45) is 7.67. The number of hydrogen-bond donors (Lipinski definition) is 1. The zero-order chi connectivity index (χ0) is 7.84. The largest absolute Gasteiger partial charge is 0.335 e. The van der Waals surface area contributed by atoms with E-state index in [2.05, 4.69) is 5.43 Å². The van der Waals surface area contributed by atoms with Gasteiger partial charge in [-0.2, -0.15) is 0 Å². The number of hydrazine groups is 1. The summed E-state index contributed by atoms with van der Waals surface area (Å²) >= 11 is 5.74. The van der Waals surface area contributed by atoms with Gasteiger partial charge < -0.3 is 4.90 Å². The Labute approximate surface area is 93.3 Å². The molecule has 2 aliphatic heterocycles. The maximum absolute atomic E-state index is 5.74. The van der Waals surface area contributed by atoms with E-state index >= 15 is 0 Å². The average Bonchev–Trinajstić information content (AvgIpc) is 2.32. The van der Waals surface area contributed by atoms with E-state index in [4.69, 9.17) is 11.6 Å². The molecule has 0 saturated heterocycles. The van der Waals surface area contributed by atoms with Crippen molar-refractivity contribution in [2.75, 3.05) is 7.05 Å². The SMILES string of the molecule is CN1C=CN2NC(Cl)=CC=C12.I. The summed E-state index contributed by atoms with van der Waals surface area (Å²) in [7, 11) is 1.98. The Morgan fingerprint density at radius 3 is 2.83 bits per heavy atom. The third kappa shape index (κ3) is 1.54. The lowest BCUT2D eigenvalue weighted by atomic mass is 10.4. The molecule has 0 radical (unpaired) electrons. The van der Waals surface area contributed by atoms with Crippen LogP contribution in [0.4, 0.5) is 0 Å². The van der Waals surface area contributed by atoms with Crippen molar-refractivity contribution in [3.63, 3.8) is 0 Å². The zero-order valence-corrected chi connectivity index (χ0v) is 9.58. The molecule has 1 N–H and O–H groups in total. The normalized spacial score (nSPS) is 19.2. The molecule has 2 heterocycles. The quantitative estimate of drug-likeness (QED) is 0.543. The molecule has 0 bridgehead atoms. The highest BCUT2D eigenvalue weighted by molar-refractivity contribution is 14.0. The van der Waals surface area contributed by atoms with E-state index in [1.165, 1.54) is 0 Å². The molecule has 2 aliphatic rings. The molecule has 0 aromatic carbocycles. The van der Waals surface area contributed by atoms with Crippen LogP contribution >= 0.6 is 35.6 Å². The maximum Gasteiger partial charge on any atom is 0.131 e. The fraction of sp³-hybridized carbons (Fsp3) is 0.143. The minimum atomic E-state index is 0. The lowest BCUT2D eigenvalue weighted by molar-refractivity contribution is 0.333. The number of allylic oxidation sites excluding steroid dienone is 2. The van der Waals surface area contributed by atoms with Gasteiger partial charge >= 0.3 is 0 Å². The molecule has 0 aliphatic carbocycles. The third-order valence-corrected chi connectivity index (χ3v) is 1.86. The Hall–Kier alpha value is -0.360. The van der Waals surface area contributed by atoms with Crippen molar-refractivity contribution in [2.24, 2.45) is 0 Å². The minimum Gasteiger partial charge on any atom is -0.335 e. The van der Waals surface area contributed by atoms with Gasteiger partial charge in [0.15, 0.2) is 0 Å². The van der Waals surface area contributed by atoms with Crippen LogP contribution in [0, 0.1) is 0 Å². The molecular formula is C7H9ClIN3. The fourth-order valence-electron chi connectivity index (χ4n) is 1.08. The first-order chi connectivity index (χ1) is 5.27. The van der Waals surface area contributed by atoms with Gasteiger partial charge in [-0.15, -0.1) is 24.0 Å². The van der Waals surface area contributed by atoms with Crippen LogP contribution in [0.2, 0.25) is 0 Å². The van der Waals surface area contributed by atoms with Crippen LogP contribution in [-0.2, 0) is 0 Å². The van der Waals surface area contributed by atoms with Crippen molar-refractivity contribution < 1.29 is 0 Å². The molecule has 0 spiro atoms. The summed E-state index contributed by atoms with van der Waals surface area (Å²) in [5, 5.41) is 2.50. The second-order valence-corrected chi connectivity index (χ2v) is 2.84. The zero-order valence-electron chi connectivity index (χ0n) is 6.49. The van der Waals surface area contributed by atoms with Gasteiger partial charge in [0.25, 0.3) is 0 Å². The summed E-state index contributed by atoms with van der Waals surface area (Å²) in [5.41, 5.74) is 2.97. The van der Waals surface area contributed by atoms with E-state index in [9.17, 15) is 0 Å². The molecule has 0 saturated carbocycles. The molecule has 3 nitrogen and oxygen atoms in total. The monoisotopic (exact) mass is 297 g/mol. The number of nitrogens with zero attached hydrogens (tertiary/aromatic N) is 2. The van der Waals surface area contributed by atoms with Crippen LogP contribution in [0.1, 0.15) is 0 Å². The number of fused-ring (bicyclic) bond motifs is 1. The van der Waals surface area contributed by atoms with E-state index in [0.717, 1.165) is 5.82 Å². The number of halogens is 2. The molecule has 0 atom stereocenters. The smallest absolute Gasteiger partial charge is 0.131 e. The lowest BCUT2D eigenvalue weighted by Crippen LogP contribution is -2.33. The van der Waals surface area contributed by atoms with E-state index < -0.39 is 0 Å². The highest BCUT2D eigenvalue weighted by atomic mass is 127. The lowest BCUT2D eigenvalue weighted by Gasteiger charge is -2.25. The van der Waals surface area contributed by atoms with E-state index in [1.54, 1.807) is 0 Å². The second-order valence-electron chi connectivity index (χ2n) is 2.43. The minimum absolute atomic E-state index is 0. The number of nitrogens with one attached hydrogen (secondary N) is 1. The van der Waals surface area contributed by atoms with Gasteiger partial charge in [-0.1, -0.05) is 11.6 Å². The van der Waals surface area contributed by atoms with Crippen molar-refractivity contribution in [2.45, 2.75) is 0 Å². The van der Waals surface area contributed by atoms with Crippen molar-refractivity contribution >= 4 is 35.6 Å². The van der Waals surface area contributed by atoms with Crippen molar-refractivity contribution in [3.05, 3.63) is 35.5 Å². The Balaban J connectivity index is 0.000000720. The first-order valence-corrected chi connectivity index (χ1v) is 3.70. The van der Waals surface area contributed by atoms with Crippen molar-refractivity contribution in [1.29, 1.82) is 0 Å². The van der Waals surface area contributed by atoms with Gasteiger partial charge in [0.1, 0.15) is 11.0 Å². The van der Waals surface area contributed by atoms with E-state index in [1.807, 2.05) is 41.5 Å². The van der Waals surface area contributed by atoms with Gasteiger partial charge in [0.2, 0.25) is 0 Å². The van der Waals surface area contributed by atoms with Gasteiger partial charge in [0, 0.05) is 19.4 Å². The van der Waals surface area contributed by atoms with Gasteiger partial charge in [-0.05, 0) is 12.2 Å².